The van der Waals surface area contributed by atoms with Gasteiger partial charge in [-0.25, -0.2) is 9.13 Å². The normalized spacial score (nSPS) is 10.5. The van der Waals surface area contributed by atoms with Crippen LogP contribution in [0.1, 0.15) is 19.8 Å². The van der Waals surface area contributed by atoms with Crippen LogP contribution in [0.3, 0.4) is 0 Å². The van der Waals surface area contributed by atoms with Crippen LogP contribution < -0.4 is 10.3 Å². The van der Waals surface area contributed by atoms with E-state index in [4.69, 9.17) is 5.73 Å². The van der Waals surface area contributed by atoms with E-state index in [1.165, 1.54) is 6.42 Å². The lowest BCUT2D eigenvalue weighted by Crippen LogP contribution is -2.31. The summed E-state index contributed by atoms with van der Waals surface area (Å²) in [5, 5.41) is 0. The molecule has 0 radical (unpaired) electrons. The first kappa shape index (κ1) is 9.26. The summed E-state index contributed by atoms with van der Waals surface area (Å²) in [5.41, 5.74) is 5.41. The van der Waals surface area contributed by atoms with Crippen molar-refractivity contribution in [2.24, 2.45) is 5.73 Å². The first-order valence-corrected chi connectivity index (χ1v) is 4.61. The minimum absolute atomic E-state index is 0.801. The van der Waals surface area contributed by atoms with Crippen LogP contribution in [0.15, 0.2) is 18.7 Å². The van der Waals surface area contributed by atoms with Crippen LogP contribution in [0.4, 0.5) is 0 Å². The molecule has 0 saturated heterocycles. The van der Waals surface area contributed by atoms with Gasteiger partial charge in [-0.05, 0) is 26.3 Å². The monoisotopic (exact) mass is 168 g/mol. The SMILES string of the molecule is CCn1cc[n+](CCCCN)c1. The van der Waals surface area contributed by atoms with Crippen molar-refractivity contribution >= 4 is 0 Å². The van der Waals surface area contributed by atoms with Crippen molar-refractivity contribution < 1.29 is 4.57 Å². The third kappa shape index (κ3) is 2.66. The van der Waals surface area contributed by atoms with Crippen molar-refractivity contribution in [1.29, 1.82) is 0 Å². The highest BCUT2D eigenvalue weighted by molar-refractivity contribution is 4.64. The predicted octanol–water partition coefficient (Wildman–Crippen LogP) is 0.534. The maximum atomic E-state index is 5.41. The Labute approximate surface area is 73.8 Å². The number of imidazole rings is 1. The van der Waals surface area contributed by atoms with E-state index in [-0.39, 0.29) is 0 Å². The molecule has 0 aliphatic heterocycles. The molecule has 3 nitrogen and oxygen atoms in total. The second-order valence-corrected chi connectivity index (χ2v) is 2.98. The van der Waals surface area contributed by atoms with Gasteiger partial charge in [0.15, 0.2) is 0 Å². The molecule has 1 aromatic rings. The molecular weight excluding hydrogens is 150 g/mol. The maximum absolute atomic E-state index is 5.41. The molecule has 68 valence electrons. The molecule has 0 aromatic carbocycles. The fourth-order valence-corrected chi connectivity index (χ4v) is 1.20. The largest absolute Gasteiger partial charge is 0.330 e. The van der Waals surface area contributed by atoms with Gasteiger partial charge in [0.05, 0.1) is 13.1 Å². The molecule has 12 heavy (non-hydrogen) atoms. The Morgan fingerprint density at radius 1 is 1.42 bits per heavy atom. The Kier molecular flexibility index (Phi) is 3.80. The molecule has 0 unspecified atom stereocenters. The third-order valence-corrected chi connectivity index (χ3v) is 1.98. The van der Waals surface area contributed by atoms with E-state index in [2.05, 4.69) is 34.8 Å². The fourth-order valence-electron chi connectivity index (χ4n) is 1.20. The molecule has 0 aliphatic carbocycles. The zero-order chi connectivity index (χ0) is 8.81. The molecule has 3 heteroatoms. The summed E-state index contributed by atoms with van der Waals surface area (Å²) in [6.07, 6.45) is 8.64. The summed E-state index contributed by atoms with van der Waals surface area (Å²) < 4.78 is 4.38. The molecule has 1 heterocycles. The number of rotatable bonds is 5. The Hall–Kier alpha value is -0.830. The molecule has 0 saturated carbocycles. The van der Waals surface area contributed by atoms with Gasteiger partial charge in [-0.15, -0.1) is 0 Å². The molecule has 1 rings (SSSR count). The second-order valence-electron chi connectivity index (χ2n) is 2.98. The van der Waals surface area contributed by atoms with Crippen LogP contribution in [0.5, 0.6) is 0 Å². The molecule has 1 aromatic heterocycles. The number of hydrogen-bond acceptors (Lipinski definition) is 1. The van der Waals surface area contributed by atoms with Crippen LogP contribution in [0, 0.1) is 0 Å². The van der Waals surface area contributed by atoms with Crippen LogP contribution in [-0.4, -0.2) is 11.1 Å². The Morgan fingerprint density at radius 2 is 2.25 bits per heavy atom. The van der Waals surface area contributed by atoms with E-state index in [1.807, 2.05) is 0 Å². The van der Waals surface area contributed by atoms with Crippen LogP contribution >= 0.6 is 0 Å². The lowest BCUT2D eigenvalue weighted by Gasteiger charge is -1.93. The first-order chi connectivity index (χ1) is 5.86. The summed E-state index contributed by atoms with van der Waals surface area (Å²) in [5.74, 6) is 0. The number of aryl methyl sites for hydroxylation is 2. The first-order valence-electron chi connectivity index (χ1n) is 4.61. The predicted molar refractivity (Wildman–Crippen MR) is 48.6 cm³/mol. The van der Waals surface area contributed by atoms with E-state index in [1.54, 1.807) is 0 Å². The van der Waals surface area contributed by atoms with Crippen molar-refractivity contribution in [1.82, 2.24) is 4.57 Å². The summed E-state index contributed by atoms with van der Waals surface area (Å²) in [6.45, 7) is 5.08. The van der Waals surface area contributed by atoms with Crippen molar-refractivity contribution in [2.75, 3.05) is 6.54 Å². The number of hydrogen-bond donors (Lipinski definition) is 1. The average Bonchev–Trinajstić information content (AvgIpc) is 2.53. The van der Waals surface area contributed by atoms with Crippen molar-refractivity contribution in [2.45, 2.75) is 32.9 Å². The highest BCUT2D eigenvalue weighted by Crippen LogP contribution is 1.87. The average molecular weight is 168 g/mol. The van der Waals surface area contributed by atoms with Gasteiger partial charge in [-0.3, -0.25) is 0 Å². The van der Waals surface area contributed by atoms with Gasteiger partial charge < -0.3 is 5.73 Å². The smallest absolute Gasteiger partial charge is 0.243 e. The quantitative estimate of drug-likeness (QED) is 0.505. The summed E-state index contributed by atoms with van der Waals surface area (Å²) >= 11 is 0. The molecular formula is C9H18N3+. The van der Waals surface area contributed by atoms with Crippen LogP contribution in [0.25, 0.3) is 0 Å². The molecule has 0 atom stereocenters. The Bertz CT molecular complexity index is 217. The van der Waals surface area contributed by atoms with Gasteiger partial charge in [-0.1, -0.05) is 0 Å². The number of aromatic nitrogens is 2. The van der Waals surface area contributed by atoms with E-state index in [0.717, 1.165) is 26.1 Å². The summed E-state index contributed by atoms with van der Waals surface area (Å²) in [7, 11) is 0. The highest BCUT2D eigenvalue weighted by atomic mass is 15.1. The standard InChI is InChI=1S/C9H18N3/c1-2-11-7-8-12(9-11)6-4-3-5-10/h7-9H,2-6,10H2,1H3/q+1. The molecule has 0 spiro atoms. The van der Waals surface area contributed by atoms with Crippen LogP contribution in [-0.2, 0) is 13.1 Å². The summed E-state index contributed by atoms with van der Waals surface area (Å²) in [4.78, 5) is 0. The van der Waals surface area contributed by atoms with E-state index in [9.17, 15) is 0 Å². The topological polar surface area (TPSA) is 34.8 Å². The number of nitrogens with zero attached hydrogens (tertiary/aromatic N) is 2. The third-order valence-electron chi connectivity index (χ3n) is 1.98. The zero-order valence-electron chi connectivity index (χ0n) is 7.74. The Balaban J connectivity index is 2.31. The molecule has 0 fully saturated rings. The van der Waals surface area contributed by atoms with Crippen LogP contribution in [0.2, 0.25) is 0 Å². The van der Waals surface area contributed by atoms with Crippen molar-refractivity contribution in [3.05, 3.63) is 18.7 Å². The van der Waals surface area contributed by atoms with Crippen molar-refractivity contribution in [3.8, 4) is 0 Å². The lowest BCUT2D eigenvalue weighted by atomic mass is 10.3. The Morgan fingerprint density at radius 3 is 2.83 bits per heavy atom. The minimum atomic E-state index is 0.801. The molecule has 0 aliphatic rings. The van der Waals surface area contributed by atoms with E-state index >= 15 is 0 Å². The second kappa shape index (κ2) is 4.93. The van der Waals surface area contributed by atoms with Gasteiger partial charge >= 0.3 is 0 Å². The minimum Gasteiger partial charge on any atom is -0.330 e. The lowest BCUT2D eigenvalue weighted by molar-refractivity contribution is -0.696. The zero-order valence-corrected chi connectivity index (χ0v) is 7.74. The molecule has 0 amide bonds. The fraction of sp³-hybridized carbons (Fsp3) is 0.667. The number of nitrogens with two attached hydrogens (primary N) is 1. The molecule has 2 N–H and O–H groups in total. The highest BCUT2D eigenvalue weighted by Gasteiger charge is 1.99. The van der Waals surface area contributed by atoms with Gasteiger partial charge in [0.2, 0.25) is 6.33 Å². The van der Waals surface area contributed by atoms with E-state index < -0.39 is 0 Å². The van der Waals surface area contributed by atoms with Gasteiger partial charge in [0.1, 0.15) is 12.4 Å². The van der Waals surface area contributed by atoms with Gasteiger partial charge in [-0.2, -0.15) is 0 Å². The van der Waals surface area contributed by atoms with E-state index in [0.29, 0.717) is 0 Å². The molecule has 0 bridgehead atoms. The van der Waals surface area contributed by atoms with Gasteiger partial charge in [0, 0.05) is 0 Å². The number of unbranched alkanes of at least 4 members (excludes halogenated alkanes) is 1. The van der Waals surface area contributed by atoms with Gasteiger partial charge in [0.25, 0.3) is 0 Å². The maximum Gasteiger partial charge on any atom is 0.243 e. The summed E-state index contributed by atoms with van der Waals surface area (Å²) in [6, 6.07) is 0. The van der Waals surface area contributed by atoms with Crippen molar-refractivity contribution in [3.63, 3.8) is 0 Å².